The highest BCUT2D eigenvalue weighted by atomic mass is 19.1. The van der Waals surface area contributed by atoms with Gasteiger partial charge >= 0.3 is 0 Å². The van der Waals surface area contributed by atoms with Gasteiger partial charge in [0.1, 0.15) is 5.82 Å². The molecule has 1 aromatic rings. The highest BCUT2D eigenvalue weighted by Crippen LogP contribution is 2.22. The van der Waals surface area contributed by atoms with Gasteiger partial charge in [0.05, 0.1) is 0 Å². The molecule has 0 aliphatic carbocycles. The summed E-state index contributed by atoms with van der Waals surface area (Å²) >= 11 is 0. The third-order valence-corrected chi connectivity index (χ3v) is 4.40. The van der Waals surface area contributed by atoms with Crippen molar-refractivity contribution >= 4 is 5.91 Å². The zero-order valence-corrected chi connectivity index (χ0v) is 12.9. The van der Waals surface area contributed by atoms with Crippen molar-refractivity contribution in [2.75, 3.05) is 19.6 Å². The number of benzene rings is 1. The fraction of sp³-hybridized carbons (Fsp3) is 0.588. The van der Waals surface area contributed by atoms with Crippen LogP contribution in [0.25, 0.3) is 0 Å². The Labute approximate surface area is 126 Å². The first kappa shape index (κ1) is 16.0. The van der Waals surface area contributed by atoms with Crippen LogP contribution in [0.3, 0.4) is 0 Å². The van der Waals surface area contributed by atoms with Gasteiger partial charge in [0, 0.05) is 31.6 Å². The molecular weight excluding hydrogens is 267 g/mol. The van der Waals surface area contributed by atoms with Crippen LogP contribution in [-0.4, -0.2) is 30.4 Å². The summed E-state index contributed by atoms with van der Waals surface area (Å²) in [5.74, 6) is 0.601. The normalized spacial score (nSPS) is 17.8. The van der Waals surface area contributed by atoms with E-state index in [1.807, 2.05) is 17.0 Å². The van der Waals surface area contributed by atoms with Gasteiger partial charge < -0.3 is 10.2 Å². The molecule has 1 aliphatic heterocycles. The Morgan fingerprint density at radius 2 is 2.05 bits per heavy atom. The molecule has 0 bridgehead atoms. The minimum absolute atomic E-state index is 0.0667. The monoisotopic (exact) mass is 292 g/mol. The molecular formula is C17H25FN2O. The van der Waals surface area contributed by atoms with E-state index in [9.17, 15) is 9.18 Å². The standard InChI is InChI=1S/C17H25FN2O/c1-3-17(15-6-4-5-7-16(15)18)19-12-14-8-10-20(11-9-14)13(2)21/h4-7,14,17,19H,3,8-12H2,1-2H3/t17-/m0/s1. The van der Waals surface area contributed by atoms with Gasteiger partial charge in [-0.25, -0.2) is 4.39 Å². The first-order valence-electron chi connectivity index (χ1n) is 7.85. The van der Waals surface area contributed by atoms with Crippen molar-refractivity contribution in [2.24, 2.45) is 5.92 Å². The summed E-state index contributed by atoms with van der Waals surface area (Å²) in [7, 11) is 0. The average Bonchev–Trinajstić information content (AvgIpc) is 2.50. The summed E-state index contributed by atoms with van der Waals surface area (Å²) in [6.07, 6.45) is 2.92. The molecule has 1 fully saturated rings. The van der Waals surface area contributed by atoms with E-state index in [0.717, 1.165) is 44.5 Å². The number of hydrogen-bond donors (Lipinski definition) is 1. The van der Waals surface area contributed by atoms with E-state index in [2.05, 4.69) is 12.2 Å². The Balaban J connectivity index is 1.85. The molecule has 116 valence electrons. The van der Waals surface area contributed by atoms with E-state index >= 15 is 0 Å². The van der Waals surface area contributed by atoms with Gasteiger partial charge in [0.2, 0.25) is 5.91 Å². The molecule has 1 saturated heterocycles. The Morgan fingerprint density at radius 1 is 1.38 bits per heavy atom. The summed E-state index contributed by atoms with van der Waals surface area (Å²) in [5.41, 5.74) is 0.751. The van der Waals surface area contributed by atoms with Crippen LogP contribution >= 0.6 is 0 Å². The summed E-state index contributed by atoms with van der Waals surface area (Å²) < 4.78 is 13.8. The summed E-state index contributed by atoms with van der Waals surface area (Å²) in [5, 5.41) is 3.50. The third kappa shape index (κ3) is 4.27. The quantitative estimate of drug-likeness (QED) is 0.904. The second-order valence-corrected chi connectivity index (χ2v) is 5.84. The maximum Gasteiger partial charge on any atom is 0.219 e. The molecule has 1 N–H and O–H groups in total. The maximum absolute atomic E-state index is 13.8. The molecule has 1 aliphatic rings. The number of nitrogens with one attached hydrogen (secondary N) is 1. The van der Waals surface area contributed by atoms with Gasteiger partial charge in [0.15, 0.2) is 0 Å². The van der Waals surface area contributed by atoms with E-state index in [0.29, 0.717) is 5.92 Å². The van der Waals surface area contributed by atoms with Crippen molar-refractivity contribution in [3.63, 3.8) is 0 Å². The molecule has 3 nitrogen and oxygen atoms in total. The SMILES string of the molecule is CC[C@H](NCC1CCN(C(C)=O)CC1)c1ccccc1F. The second-order valence-electron chi connectivity index (χ2n) is 5.84. The second kappa shape index (κ2) is 7.55. The number of rotatable bonds is 5. The van der Waals surface area contributed by atoms with E-state index < -0.39 is 0 Å². The topological polar surface area (TPSA) is 32.3 Å². The van der Waals surface area contributed by atoms with Gasteiger partial charge in [-0.1, -0.05) is 25.1 Å². The summed E-state index contributed by atoms with van der Waals surface area (Å²) in [6.45, 7) is 6.28. The van der Waals surface area contributed by atoms with Crippen LogP contribution in [0.4, 0.5) is 4.39 Å². The van der Waals surface area contributed by atoms with Crippen LogP contribution in [0.5, 0.6) is 0 Å². The third-order valence-electron chi connectivity index (χ3n) is 4.40. The van der Waals surface area contributed by atoms with Crippen molar-refractivity contribution in [1.29, 1.82) is 0 Å². The molecule has 2 rings (SSSR count). The largest absolute Gasteiger partial charge is 0.343 e. The van der Waals surface area contributed by atoms with Crippen LogP contribution in [0.2, 0.25) is 0 Å². The maximum atomic E-state index is 13.8. The number of likely N-dealkylation sites (tertiary alicyclic amines) is 1. The van der Waals surface area contributed by atoms with Gasteiger partial charge in [-0.15, -0.1) is 0 Å². The Bertz CT molecular complexity index is 470. The van der Waals surface area contributed by atoms with E-state index in [1.54, 1.807) is 13.0 Å². The number of halogens is 1. The number of carbonyl (C=O) groups excluding carboxylic acids is 1. The van der Waals surface area contributed by atoms with Crippen molar-refractivity contribution in [3.8, 4) is 0 Å². The fourth-order valence-corrected chi connectivity index (χ4v) is 2.99. The zero-order chi connectivity index (χ0) is 15.2. The molecule has 1 amide bonds. The Kier molecular flexibility index (Phi) is 5.74. The van der Waals surface area contributed by atoms with Crippen LogP contribution in [0.15, 0.2) is 24.3 Å². The summed E-state index contributed by atoms with van der Waals surface area (Å²) in [4.78, 5) is 13.2. The fourth-order valence-electron chi connectivity index (χ4n) is 2.99. The van der Waals surface area contributed by atoms with Crippen LogP contribution < -0.4 is 5.32 Å². The smallest absolute Gasteiger partial charge is 0.219 e. The molecule has 1 aromatic carbocycles. The molecule has 21 heavy (non-hydrogen) atoms. The lowest BCUT2D eigenvalue weighted by molar-refractivity contribution is -0.130. The molecule has 0 radical (unpaired) electrons. The van der Waals surface area contributed by atoms with Crippen LogP contribution in [0.1, 0.15) is 44.7 Å². The van der Waals surface area contributed by atoms with Crippen molar-refractivity contribution in [2.45, 2.75) is 39.2 Å². The van der Waals surface area contributed by atoms with Crippen molar-refractivity contribution in [1.82, 2.24) is 10.2 Å². The first-order valence-corrected chi connectivity index (χ1v) is 7.85. The molecule has 0 saturated carbocycles. The molecule has 0 unspecified atom stereocenters. The average molecular weight is 292 g/mol. The molecule has 0 aromatic heterocycles. The molecule has 0 spiro atoms. The van der Waals surface area contributed by atoms with Gasteiger partial charge in [0.25, 0.3) is 0 Å². The van der Waals surface area contributed by atoms with E-state index in [1.165, 1.54) is 6.07 Å². The zero-order valence-electron chi connectivity index (χ0n) is 12.9. The van der Waals surface area contributed by atoms with Crippen LogP contribution in [-0.2, 0) is 4.79 Å². The van der Waals surface area contributed by atoms with E-state index in [-0.39, 0.29) is 17.8 Å². The Morgan fingerprint density at radius 3 is 2.62 bits per heavy atom. The lowest BCUT2D eigenvalue weighted by Crippen LogP contribution is -2.40. The van der Waals surface area contributed by atoms with Crippen LogP contribution in [0, 0.1) is 11.7 Å². The highest BCUT2D eigenvalue weighted by Gasteiger charge is 2.22. The predicted molar refractivity (Wildman–Crippen MR) is 82.4 cm³/mol. The highest BCUT2D eigenvalue weighted by molar-refractivity contribution is 5.73. The van der Waals surface area contributed by atoms with Crippen molar-refractivity contribution < 1.29 is 9.18 Å². The Hall–Kier alpha value is -1.42. The number of piperidine rings is 1. The first-order chi connectivity index (χ1) is 10.1. The number of carbonyl (C=O) groups is 1. The van der Waals surface area contributed by atoms with E-state index in [4.69, 9.17) is 0 Å². The minimum atomic E-state index is -0.136. The van der Waals surface area contributed by atoms with Crippen molar-refractivity contribution in [3.05, 3.63) is 35.6 Å². The lowest BCUT2D eigenvalue weighted by atomic mass is 9.95. The number of hydrogen-bond acceptors (Lipinski definition) is 2. The predicted octanol–water partition coefficient (Wildman–Crippen LogP) is 3.12. The molecule has 4 heteroatoms. The van der Waals surface area contributed by atoms with Gasteiger partial charge in [-0.3, -0.25) is 4.79 Å². The minimum Gasteiger partial charge on any atom is -0.343 e. The van der Waals surface area contributed by atoms with Gasteiger partial charge in [-0.05, 0) is 37.8 Å². The van der Waals surface area contributed by atoms with Gasteiger partial charge in [-0.2, -0.15) is 0 Å². The molecule has 1 atom stereocenters. The summed E-state index contributed by atoms with van der Waals surface area (Å²) in [6, 6.07) is 7.05. The lowest BCUT2D eigenvalue weighted by Gasteiger charge is -2.32. The number of nitrogens with zero attached hydrogens (tertiary/aromatic N) is 1. The number of amides is 1. The molecule has 1 heterocycles.